The maximum atomic E-state index is 12.4. The highest BCUT2D eigenvalue weighted by molar-refractivity contribution is 5.80. The minimum atomic E-state index is -0.842. The molecule has 15 saturated carbocycles. The summed E-state index contributed by atoms with van der Waals surface area (Å²) in [6.07, 6.45) is 29.4. The Kier molecular flexibility index (Phi) is 24.7. The van der Waals surface area contributed by atoms with E-state index in [9.17, 15) is 54.0 Å². The molecule has 18 heteroatoms. The van der Waals surface area contributed by atoms with E-state index in [1.165, 1.54) is 44.9 Å². The predicted octanol–water partition coefficient (Wildman–Crippen LogP) is 15.2. The lowest BCUT2D eigenvalue weighted by molar-refractivity contribution is -0.264. The van der Waals surface area contributed by atoms with Crippen LogP contribution in [0.1, 0.15) is 323 Å². The Morgan fingerprint density at radius 2 is 0.848 bits per heavy atom. The molecule has 99 heavy (non-hydrogen) atoms. The second-order valence-corrected chi connectivity index (χ2v) is 37.8. The van der Waals surface area contributed by atoms with Crippen LogP contribution in [-0.2, 0) is 62.0 Å². The largest absolute Gasteiger partial charge is 0.481 e. The highest BCUT2D eigenvalue weighted by Gasteiger charge is 2.66. The molecule has 14 bridgehead atoms. The van der Waals surface area contributed by atoms with Crippen molar-refractivity contribution in [3.63, 3.8) is 0 Å². The molecule has 0 radical (unpaired) electrons. The second-order valence-electron chi connectivity index (χ2n) is 37.8. The number of hydrogen-bond acceptors (Lipinski definition) is 17. The molecule has 16 rings (SSSR count). The molecule has 0 spiro atoms. The van der Waals surface area contributed by atoms with Gasteiger partial charge in [0.2, 0.25) is 0 Å². The van der Waals surface area contributed by atoms with Crippen LogP contribution in [0.5, 0.6) is 0 Å². The number of carbonyl (C=O) groups is 7. The lowest BCUT2D eigenvalue weighted by atomic mass is 9.50. The minimum absolute atomic E-state index is 0.0133. The Bertz CT molecular complexity index is 2780. The number of rotatable bonds is 19. The van der Waals surface area contributed by atoms with Crippen LogP contribution in [0.2, 0.25) is 0 Å². The van der Waals surface area contributed by atoms with Gasteiger partial charge in [-0.1, -0.05) is 54.9 Å². The van der Waals surface area contributed by atoms with E-state index < -0.39 is 55.4 Å². The molecule has 0 amide bonds. The first kappa shape index (κ1) is 80.8. The summed E-state index contributed by atoms with van der Waals surface area (Å²) in [5, 5.41) is 49.9. The summed E-state index contributed by atoms with van der Waals surface area (Å²) >= 11 is 0. The lowest BCUT2D eigenvalue weighted by Gasteiger charge is -2.62. The summed E-state index contributed by atoms with van der Waals surface area (Å²) in [7, 11) is 0. The minimum Gasteiger partial charge on any atom is -0.481 e. The molecule has 10 unspecified atom stereocenters. The van der Waals surface area contributed by atoms with E-state index in [2.05, 4.69) is 13.8 Å². The van der Waals surface area contributed by atoms with Gasteiger partial charge >= 0.3 is 41.8 Å². The summed E-state index contributed by atoms with van der Waals surface area (Å²) in [6.45, 7) is 32.5. The zero-order valence-electron chi connectivity index (χ0n) is 64.3. The van der Waals surface area contributed by atoms with Crippen LogP contribution in [0.15, 0.2) is 0 Å². The fraction of sp³-hybridized carbons (Fsp3) is 0.914. The fourth-order valence-corrected chi connectivity index (χ4v) is 20.0. The molecule has 16 aliphatic rings. The number of aliphatic carboxylic acids is 1. The summed E-state index contributed by atoms with van der Waals surface area (Å²) in [4.78, 5) is 83.2. The van der Waals surface area contributed by atoms with E-state index in [1.807, 2.05) is 90.0 Å². The SMILES string of the molecule is CCC(C)(C)C(=O)O.CCC(C)(C)C(=O)OC12CC3CC(CC(O)(C3)C1)C2.CCC(C)(C)C(=O)OC12CC3CC(O)(CC(O)(C3)C1)C2.CCC(C)(C)C(=O)OC1C2CC3C(=O)OC1C3C2.CCC(C)(CC)C(=O)OC1CCCCC1.CCC(C)(CO)C(=O)OC12CC3CC(CC(C3)C1)C2. The van der Waals surface area contributed by atoms with Crippen molar-refractivity contribution in [3.05, 3.63) is 0 Å². The molecule has 1 aliphatic heterocycles. The first-order chi connectivity index (χ1) is 45.9. The number of ether oxygens (including phenoxy) is 6. The zero-order valence-corrected chi connectivity index (χ0v) is 64.3. The highest BCUT2D eigenvalue weighted by atomic mass is 16.6. The van der Waals surface area contributed by atoms with Gasteiger partial charge in [0, 0.05) is 37.5 Å². The number of aliphatic hydroxyl groups is 4. The van der Waals surface area contributed by atoms with Crippen molar-refractivity contribution in [2.45, 2.75) is 375 Å². The maximum absolute atomic E-state index is 12.4. The smallest absolute Gasteiger partial charge is 0.314 e. The molecule has 0 aromatic heterocycles. The van der Waals surface area contributed by atoms with Crippen molar-refractivity contribution in [2.75, 3.05) is 6.61 Å². The maximum Gasteiger partial charge on any atom is 0.314 e. The molecular weight excluding hydrogens is 1260 g/mol. The normalized spacial score (nSPS) is 37.4. The van der Waals surface area contributed by atoms with Gasteiger partial charge in [-0.25, -0.2) is 0 Å². The number of carboxylic acid groups (broad SMARTS) is 1. The number of aliphatic hydroxyl groups excluding tert-OH is 1. The molecule has 15 aliphatic carbocycles. The van der Waals surface area contributed by atoms with Crippen LogP contribution in [0, 0.1) is 85.8 Å². The summed E-state index contributed by atoms with van der Waals surface area (Å²) in [6, 6.07) is 0. The number of carbonyl (C=O) groups excluding carboxylic acids is 6. The van der Waals surface area contributed by atoms with E-state index in [-0.39, 0.29) is 89.2 Å². The van der Waals surface area contributed by atoms with Crippen LogP contribution in [-0.4, -0.2) is 126 Å². The molecular formula is C81H134O18. The van der Waals surface area contributed by atoms with Gasteiger partial charge in [-0.05, 0) is 278 Å². The van der Waals surface area contributed by atoms with E-state index in [0.717, 1.165) is 140 Å². The van der Waals surface area contributed by atoms with Crippen LogP contribution in [0.4, 0.5) is 0 Å². The number of fused-ring (bicyclic) bond motifs is 1. The molecule has 10 atom stereocenters. The van der Waals surface area contributed by atoms with Gasteiger partial charge in [0.05, 0.1) is 61.8 Å². The Morgan fingerprint density at radius 1 is 0.434 bits per heavy atom. The molecule has 1 heterocycles. The van der Waals surface area contributed by atoms with Gasteiger partial charge in [-0.3, -0.25) is 33.6 Å². The molecule has 5 N–H and O–H groups in total. The lowest BCUT2D eigenvalue weighted by Crippen LogP contribution is -2.67. The Labute approximate surface area is 594 Å². The van der Waals surface area contributed by atoms with Crippen molar-refractivity contribution in [3.8, 4) is 0 Å². The molecule has 0 aromatic rings. The van der Waals surface area contributed by atoms with Crippen LogP contribution >= 0.6 is 0 Å². The topological polar surface area (TPSA) is 276 Å². The van der Waals surface area contributed by atoms with Crippen molar-refractivity contribution < 1.29 is 87.5 Å². The van der Waals surface area contributed by atoms with Gasteiger partial charge in [0.1, 0.15) is 35.1 Å². The number of esters is 6. The van der Waals surface area contributed by atoms with Gasteiger partial charge in [0.25, 0.3) is 0 Å². The third-order valence-corrected chi connectivity index (χ3v) is 27.8. The second kappa shape index (κ2) is 30.3. The molecule has 16 fully saturated rings. The average Bonchev–Trinajstić information content (AvgIpc) is 1.11. The third kappa shape index (κ3) is 18.3. The summed E-state index contributed by atoms with van der Waals surface area (Å²) in [5.74, 6) is 3.01. The summed E-state index contributed by atoms with van der Waals surface area (Å²) < 4.78 is 34.5. The van der Waals surface area contributed by atoms with Gasteiger partial charge < -0.3 is 54.0 Å². The van der Waals surface area contributed by atoms with Crippen molar-refractivity contribution in [1.82, 2.24) is 0 Å². The molecule has 1 saturated heterocycles. The Hall–Kier alpha value is -3.87. The Balaban J connectivity index is 0.000000154. The van der Waals surface area contributed by atoms with E-state index in [1.54, 1.807) is 13.8 Å². The number of carboxylic acids is 1. The number of hydrogen-bond donors (Lipinski definition) is 5. The van der Waals surface area contributed by atoms with Gasteiger partial charge in [-0.15, -0.1) is 0 Å². The monoisotopic (exact) mass is 1390 g/mol. The fourth-order valence-electron chi connectivity index (χ4n) is 20.0. The first-order valence-electron chi connectivity index (χ1n) is 39.2. The quantitative estimate of drug-likeness (QED) is 0.0594. The average molecular weight is 1400 g/mol. The molecule has 18 nitrogen and oxygen atoms in total. The highest BCUT2D eigenvalue weighted by Crippen LogP contribution is 2.63. The van der Waals surface area contributed by atoms with Crippen molar-refractivity contribution >= 4 is 41.8 Å². The van der Waals surface area contributed by atoms with E-state index in [0.29, 0.717) is 62.2 Å². The first-order valence-corrected chi connectivity index (χ1v) is 39.2. The van der Waals surface area contributed by atoms with E-state index >= 15 is 0 Å². The standard InChI is InChI=1S/C16H26O4.2C16H26O3.C14H20O4.C13H24O2.C6H12O2/c1-4-13(2,3)12(17)20-16-7-11-5-14(18,9-16)8-15(19,6-11)10-16;1-4-14(2,3)13(17)19-16-8-11-5-12(9-16)7-15(18,6-11)10-16;1-3-15(2,10-17)14(18)19-16-7-11-4-12(8-16)6-13(5-11)9-16;1-4-14(2,3)13(16)18-10-7-5-8-9(6-7)12(15)17-11(8)10;1-4-13(3,5-2)12(14)15-11-9-7-6-8-10-11;1-4-6(2,3)5(7)8/h11,18-19H,4-10H2,1-3H3;11-12,18H,4-10H2,1-3H3;11-13,17H,3-10H2,1-2H3;7-11H,4-6H2,1-3H3;11H,4-10H2,1-3H3;4H2,1-3H3,(H,7,8). The van der Waals surface area contributed by atoms with E-state index in [4.69, 9.17) is 33.5 Å². The van der Waals surface area contributed by atoms with Crippen LogP contribution in [0.3, 0.4) is 0 Å². The van der Waals surface area contributed by atoms with Gasteiger partial charge in [-0.2, -0.15) is 0 Å². The molecule has 0 aromatic carbocycles. The van der Waals surface area contributed by atoms with Crippen LogP contribution < -0.4 is 0 Å². The zero-order chi connectivity index (χ0) is 73.5. The van der Waals surface area contributed by atoms with Crippen molar-refractivity contribution in [2.24, 2.45) is 85.8 Å². The molecule has 566 valence electrons. The van der Waals surface area contributed by atoms with Crippen LogP contribution in [0.25, 0.3) is 0 Å². The predicted molar refractivity (Wildman–Crippen MR) is 376 cm³/mol. The third-order valence-electron chi connectivity index (χ3n) is 27.8. The van der Waals surface area contributed by atoms with Gasteiger partial charge in [0.15, 0.2) is 0 Å². The Morgan fingerprint density at radius 3 is 1.27 bits per heavy atom. The van der Waals surface area contributed by atoms with Crippen molar-refractivity contribution in [1.29, 1.82) is 0 Å². The summed E-state index contributed by atoms with van der Waals surface area (Å²) in [5.41, 5.74) is -6.33.